The summed E-state index contributed by atoms with van der Waals surface area (Å²) in [7, 11) is 0. The largest absolute Gasteiger partial charge is 0.508 e. The summed E-state index contributed by atoms with van der Waals surface area (Å²) in [6.07, 6.45) is 1.66. The van der Waals surface area contributed by atoms with Crippen molar-refractivity contribution in [1.82, 2.24) is 5.43 Å². The van der Waals surface area contributed by atoms with Gasteiger partial charge in [0.25, 0.3) is 0 Å². The minimum Gasteiger partial charge on any atom is -0.508 e. The first-order valence-electron chi connectivity index (χ1n) is 6.70. The van der Waals surface area contributed by atoms with Crippen molar-refractivity contribution in [3.8, 4) is 17.2 Å². The molecule has 2 N–H and O–H groups in total. The van der Waals surface area contributed by atoms with Gasteiger partial charge in [0.1, 0.15) is 5.75 Å². The lowest BCUT2D eigenvalue weighted by Gasteiger charge is -2.02. The molecular formula is C16H14N2O4. The zero-order chi connectivity index (χ0) is 15.4. The first-order chi connectivity index (χ1) is 10.7. The van der Waals surface area contributed by atoms with E-state index in [0.717, 1.165) is 5.56 Å². The third-order valence-corrected chi connectivity index (χ3v) is 3.07. The Hall–Kier alpha value is -3.02. The van der Waals surface area contributed by atoms with Crippen LogP contribution in [0.2, 0.25) is 0 Å². The van der Waals surface area contributed by atoms with Crippen molar-refractivity contribution < 1.29 is 19.4 Å². The summed E-state index contributed by atoms with van der Waals surface area (Å²) in [5, 5.41) is 13.2. The number of hydrazone groups is 1. The van der Waals surface area contributed by atoms with Crippen molar-refractivity contribution in [2.24, 2.45) is 5.10 Å². The summed E-state index contributed by atoms with van der Waals surface area (Å²) in [6, 6.07) is 12.0. The van der Waals surface area contributed by atoms with Gasteiger partial charge in [-0.05, 0) is 35.4 Å². The molecule has 6 nitrogen and oxygen atoms in total. The number of nitrogens with zero attached hydrogens (tertiary/aromatic N) is 1. The van der Waals surface area contributed by atoms with Crippen LogP contribution < -0.4 is 14.9 Å². The Bertz CT molecular complexity index is 728. The van der Waals surface area contributed by atoms with Gasteiger partial charge in [-0.15, -0.1) is 0 Å². The second-order valence-corrected chi connectivity index (χ2v) is 4.75. The van der Waals surface area contributed by atoms with Crippen molar-refractivity contribution in [1.29, 1.82) is 0 Å². The average Bonchev–Trinajstić information content (AvgIpc) is 2.95. The van der Waals surface area contributed by atoms with E-state index in [1.807, 2.05) is 6.07 Å². The zero-order valence-corrected chi connectivity index (χ0v) is 11.7. The number of hydrogen-bond donors (Lipinski definition) is 2. The average molecular weight is 298 g/mol. The van der Waals surface area contributed by atoms with Gasteiger partial charge in [-0.2, -0.15) is 5.10 Å². The number of hydrogen-bond acceptors (Lipinski definition) is 5. The molecule has 0 fully saturated rings. The lowest BCUT2D eigenvalue weighted by Crippen LogP contribution is -2.19. The van der Waals surface area contributed by atoms with Crippen LogP contribution in [0.25, 0.3) is 0 Å². The molecule has 0 aliphatic carbocycles. The van der Waals surface area contributed by atoms with E-state index in [1.54, 1.807) is 36.4 Å². The van der Waals surface area contributed by atoms with Crippen LogP contribution in [-0.2, 0) is 11.2 Å². The molecule has 0 spiro atoms. The van der Waals surface area contributed by atoms with Crippen molar-refractivity contribution in [3.63, 3.8) is 0 Å². The fourth-order valence-electron chi connectivity index (χ4n) is 2.06. The molecule has 112 valence electrons. The smallest absolute Gasteiger partial charge is 0.244 e. The van der Waals surface area contributed by atoms with E-state index in [9.17, 15) is 9.90 Å². The second-order valence-electron chi connectivity index (χ2n) is 4.75. The fraction of sp³-hybridized carbons (Fsp3) is 0.125. The van der Waals surface area contributed by atoms with Crippen LogP contribution in [0.15, 0.2) is 47.6 Å². The molecule has 0 radical (unpaired) electrons. The molecular weight excluding hydrogens is 284 g/mol. The van der Waals surface area contributed by atoms with E-state index in [4.69, 9.17) is 9.47 Å². The van der Waals surface area contributed by atoms with Gasteiger partial charge in [0.15, 0.2) is 11.5 Å². The number of ether oxygens (including phenoxy) is 2. The number of carbonyl (C=O) groups is 1. The highest BCUT2D eigenvalue weighted by Crippen LogP contribution is 2.32. The van der Waals surface area contributed by atoms with Crippen LogP contribution in [0.1, 0.15) is 11.1 Å². The van der Waals surface area contributed by atoms with Crippen molar-refractivity contribution in [3.05, 3.63) is 53.6 Å². The summed E-state index contributed by atoms with van der Waals surface area (Å²) in [5.41, 5.74) is 3.96. The van der Waals surface area contributed by atoms with Gasteiger partial charge >= 0.3 is 0 Å². The molecule has 6 heteroatoms. The molecule has 0 atom stereocenters. The van der Waals surface area contributed by atoms with E-state index < -0.39 is 0 Å². The van der Waals surface area contributed by atoms with E-state index in [2.05, 4.69) is 10.5 Å². The Balaban J connectivity index is 1.56. The Kier molecular flexibility index (Phi) is 3.91. The minimum atomic E-state index is -0.240. The number of amides is 1. The van der Waals surface area contributed by atoms with Crippen LogP contribution in [0.3, 0.4) is 0 Å². The lowest BCUT2D eigenvalue weighted by molar-refractivity contribution is -0.120. The number of rotatable bonds is 4. The topological polar surface area (TPSA) is 80.2 Å². The van der Waals surface area contributed by atoms with Crippen LogP contribution in [0.4, 0.5) is 0 Å². The standard InChI is InChI=1S/C16H14N2O4/c19-13-3-1-2-12(6-13)9-17-18-16(20)8-11-4-5-14-15(7-11)22-10-21-14/h1-7,9,19H,8,10H2,(H,18,20)/b17-9-. The summed E-state index contributed by atoms with van der Waals surface area (Å²) in [6.45, 7) is 0.208. The predicted octanol–water partition coefficient (Wildman–Crippen LogP) is 1.81. The maximum Gasteiger partial charge on any atom is 0.244 e. The Labute approximate surface area is 127 Å². The highest BCUT2D eigenvalue weighted by atomic mass is 16.7. The third kappa shape index (κ3) is 3.35. The van der Waals surface area contributed by atoms with E-state index in [-0.39, 0.29) is 24.9 Å². The summed E-state index contributed by atoms with van der Waals surface area (Å²) in [4.78, 5) is 11.8. The molecule has 1 amide bonds. The molecule has 1 heterocycles. The Morgan fingerprint density at radius 1 is 1.23 bits per heavy atom. The molecule has 2 aromatic carbocycles. The maximum atomic E-state index is 11.8. The normalized spacial score (nSPS) is 12.5. The highest BCUT2D eigenvalue weighted by Gasteiger charge is 2.14. The van der Waals surface area contributed by atoms with Crippen LogP contribution >= 0.6 is 0 Å². The monoisotopic (exact) mass is 298 g/mol. The highest BCUT2D eigenvalue weighted by molar-refractivity contribution is 5.83. The van der Waals surface area contributed by atoms with E-state index in [1.165, 1.54) is 6.21 Å². The first-order valence-corrected chi connectivity index (χ1v) is 6.70. The van der Waals surface area contributed by atoms with E-state index >= 15 is 0 Å². The van der Waals surface area contributed by atoms with Gasteiger partial charge < -0.3 is 14.6 Å². The van der Waals surface area contributed by atoms with Gasteiger partial charge in [0.05, 0.1) is 12.6 Å². The molecule has 0 bridgehead atoms. The number of carbonyl (C=O) groups excluding carboxylic acids is 1. The molecule has 0 saturated heterocycles. The summed E-state index contributed by atoms with van der Waals surface area (Å²) >= 11 is 0. The van der Waals surface area contributed by atoms with Crippen LogP contribution in [0.5, 0.6) is 17.2 Å². The molecule has 1 aliphatic rings. The zero-order valence-electron chi connectivity index (χ0n) is 11.7. The van der Waals surface area contributed by atoms with Gasteiger partial charge in [-0.1, -0.05) is 18.2 Å². The van der Waals surface area contributed by atoms with Crippen molar-refractivity contribution in [2.45, 2.75) is 6.42 Å². The van der Waals surface area contributed by atoms with E-state index in [0.29, 0.717) is 17.1 Å². The molecule has 22 heavy (non-hydrogen) atoms. The Morgan fingerprint density at radius 2 is 2.09 bits per heavy atom. The van der Waals surface area contributed by atoms with Crippen LogP contribution in [0, 0.1) is 0 Å². The number of nitrogens with one attached hydrogen (secondary N) is 1. The number of aromatic hydroxyl groups is 1. The number of phenols is 1. The minimum absolute atomic E-state index is 0.149. The summed E-state index contributed by atoms with van der Waals surface area (Å²) < 4.78 is 10.5. The third-order valence-electron chi connectivity index (χ3n) is 3.07. The SMILES string of the molecule is O=C(Cc1ccc2c(c1)OCO2)N/N=C\c1cccc(O)c1. The number of phenolic OH excluding ortho intramolecular Hbond substituents is 1. The maximum absolute atomic E-state index is 11.8. The molecule has 1 aliphatic heterocycles. The molecule has 3 rings (SSSR count). The lowest BCUT2D eigenvalue weighted by atomic mass is 10.1. The van der Waals surface area contributed by atoms with Crippen molar-refractivity contribution in [2.75, 3.05) is 6.79 Å². The Morgan fingerprint density at radius 3 is 2.95 bits per heavy atom. The second kappa shape index (κ2) is 6.17. The first kappa shape index (κ1) is 13.9. The van der Waals surface area contributed by atoms with Gasteiger partial charge in [-0.25, -0.2) is 5.43 Å². The predicted molar refractivity (Wildman–Crippen MR) is 80.1 cm³/mol. The quantitative estimate of drug-likeness (QED) is 0.666. The molecule has 0 aromatic heterocycles. The van der Waals surface area contributed by atoms with Crippen LogP contribution in [-0.4, -0.2) is 24.0 Å². The van der Waals surface area contributed by atoms with Crippen molar-refractivity contribution >= 4 is 12.1 Å². The number of benzene rings is 2. The molecule has 2 aromatic rings. The van der Waals surface area contributed by atoms with Gasteiger partial charge in [-0.3, -0.25) is 4.79 Å². The van der Waals surface area contributed by atoms with Gasteiger partial charge in [0.2, 0.25) is 12.7 Å². The molecule has 0 unspecified atom stereocenters. The van der Waals surface area contributed by atoms with Gasteiger partial charge in [0, 0.05) is 0 Å². The summed E-state index contributed by atoms with van der Waals surface area (Å²) in [5.74, 6) is 1.24. The fourth-order valence-corrected chi connectivity index (χ4v) is 2.06. The molecule has 0 saturated carbocycles. The number of fused-ring (bicyclic) bond motifs is 1.